The maximum atomic E-state index is 12.7. The molecule has 0 aliphatic carbocycles. The fraction of sp³-hybridized carbons (Fsp3) is 0.500. The van der Waals surface area contributed by atoms with E-state index in [4.69, 9.17) is 5.10 Å². The summed E-state index contributed by atoms with van der Waals surface area (Å²) in [6.45, 7) is 10.3. The van der Waals surface area contributed by atoms with Gasteiger partial charge in [-0.05, 0) is 50.6 Å². The summed E-state index contributed by atoms with van der Waals surface area (Å²) in [6.07, 6.45) is 1.77. The molecule has 1 aliphatic heterocycles. The molecule has 0 saturated carbocycles. The molecule has 5 nitrogen and oxygen atoms in total. The lowest BCUT2D eigenvalue weighted by molar-refractivity contribution is -0.120. The van der Waals surface area contributed by atoms with E-state index >= 15 is 0 Å². The molecule has 1 aliphatic rings. The van der Waals surface area contributed by atoms with Crippen LogP contribution in [0, 0.1) is 12.8 Å². The van der Waals surface area contributed by atoms with Crippen molar-refractivity contribution in [3.8, 4) is 5.69 Å². The van der Waals surface area contributed by atoms with Crippen LogP contribution in [0.2, 0.25) is 0 Å². The Morgan fingerprint density at radius 2 is 1.92 bits per heavy atom. The van der Waals surface area contributed by atoms with E-state index < -0.39 is 0 Å². The Morgan fingerprint density at radius 3 is 2.54 bits per heavy atom. The highest BCUT2D eigenvalue weighted by Crippen LogP contribution is 2.27. The number of benzene rings is 1. The van der Waals surface area contributed by atoms with Gasteiger partial charge in [-0.2, -0.15) is 5.10 Å². The molecule has 0 bridgehead atoms. The van der Waals surface area contributed by atoms with Crippen molar-refractivity contribution in [1.82, 2.24) is 15.1 Å². The molecule has 0 unspecified atom stereocenters. The van der Waals surface area contributed by atoms with Gasteiger partial charge in [-0.3, -0.25) is 4.79 Å². The minimum atomic E-state index is -0.0800. The predicted molar refractivity (Wildman–Crippen MR) is 108 cm³/mol. The minimum Gasteiger partial charge on any atom is -0.317 e. The van der Waals surface area contributed by atoms with Crippen molar-refractivity contribution in [3.05, 3.63) is 41.6 Å². The first-order valence-electron chi connectivity index (χ1n) is 9.04. The molecular weight excluding hydrogens is 348 g/mol. The Morgan fingerprint density at radius 1 is 1.23 bits per heavy atom. The third-order valence-electron chi connectivity index (χ3n) is 4.69. The predicted octanol–water partition coefficient (Wildman–Crippen LogP) is 3.84. The van der Waals surface area contributed by atoms with Crippen LogP contribution in [0.1, 0.15) is 44.9 Å². The number of carbonyl (C=O) groups excluding carboxylic acids is 1. The number of nitrogens with one attached hydrogen (secondary N) is 2. The van der Waals surface area contributed by atoms with E-state index in [0.29, 0.717) is 0 Å². The van der Waals surface area contributed by atoms with Gasteiger partial charge in [-0.1, -0.05) is 32.9 Å². The van der Waals surface area contributed by atoms with Crippen molar-refractivity contribution in [2.24, 2.45) is 5.92 Å². The maximum absolute atomic E-state index is 12.7. The number of piperidine rings is 1. The summed E-state index contributed by atoms with van der Waals surface area (Å²) in [5, 5.41) is 11.2. The molecule has 6 heteroatoms. The Hall–Kier alpha value is -1.85. The van der Waals surface area contributed by atoms with Crippen LogP contribution in [0.4, 0.5) is 5.82 Å². The lowest BCUT2D eigenvalue weighted by atomic mass is 9.92. The quantitative estimate of drug-likeness (QED) is 0.855. The third-order valence-corrected chi connectivity index (χ3v) is 4.69. The van der Waals surface area contributed by atoms with E-state index in [-0.39, 0.29) is 29.6 Å². The number of carbonyl (C=O) groups is 1. The van der Waals surface area contributed by atoms with Gasteiger partial charge in [0.15, 0.2) is 0 Å². The molecule has 1 amide bonds. The van der Waals surface area contributed by atoms with E-state index in [9.17, 15) is 4.79 Å². The standard InChI is InChI=1S/C20H28N4O.ClH/c1-14-6-5-7-16(12-14)24-18(13-17(23-24)20(2,3)4)22-19(25)15-8-10-21-11-9-15;/h5-7,12-13,15,21H,8-11H2,1-4H3,(H,22,25);1H. The third kappa shape index (κ3) is 4.65. The van der Waals surface area contributed by atoms with Crippen molar-refractivity contribution >= 4 is 24.1 Å². The summed E-state index contributed by atoms with van der Waals surface area (Å²) in [5.74, 6) is 0.912. The summed E-state index contributed by atoms with van der Waals surface area (Å²) in [5.41, 5.74) is 3.02. The van der Waals surface area contributed by atoms with Crippen LogP contribution in [-0.2, 0) is 10.2 Å². The van der Waals surface area contributed by atoms with Crippen molar-refractivity contribution in [1.29, 1.82) is 0 Å². The second-order valence-electron chi connectivity index (χ2n) is 7.93. The molecule has 2 heterocycles. The van der Waals surface area contributed by atoms with Gasteiger partial charge in [-0.15, -0.1) is 12.4 Å². The van der Waals surface area contributed by atoms with Crippen LogP contribution in [0.3, 0.4) is 0 Å². The lowest BCUT2D eigenvalue weighted by Gasteiger charge is -2.21. The van der Waals surface area contributed by atoms with Crippen molar-refractivity contribution in [3.63, 3.8) is 0 Å². The van der Waals surface area contributed by atoms with Crippen LogP contribution in [0.25, 0.3) is 5.69 Å². The van der Waals surface area contributed by atoms with Crippen LogP contribution in [0.15, 0.2) is 30.3 Å². The summed E-state index contributed by atoms with van der Waals surface area (Å²) < 4.78 is 1.85. The number of hydrogen-bond acceptors (Lipinski definition) is 3. The SMILES string of the molecule is Cc1cccc(-n2nc(C(C)(C)C)cc2NC(=O)C2CCNCC2)c1.Cl. The molecule has 3 rings (SSSR count). The van der Waals surface area contributed by atoms with Crippen LogP contribution >= 0.6 is 12.4 Å². The van der Waals surface area contributed by atoms with Crippen molar-refractivity contribution < 1.29 is 4.79 Å². The number of rotatable bonds is 3. The zero-order chi connectivity index (χ0) is 18.0. The first kappa shape index (κ1) is 20.5. The average molecular weight is 377 g/mol. The normalized spacial score (nSPS) is 15.4. The fourth-order valence-electron chi connectivity index (χ4n) is 3.11. The maximum Gasteiger partial charge on any atom is 0.228 e. The first-order valence-corrected chi connectivity index (χ1v) is 9.04. The van der Waals surface area contributed by atoms with Gasteiger partial charge < -0.3 is 10.6 Å². The van der Waals surface area contributed by atoms with Gasteiger partial charge in [0.1, 0.15) is 5.82 Å². The molecule has 1 aromatic heterocycles. The first-order chi connectivity index (χ1) is 11.8. The second-order valence-corrected chi connectivity index (χ2v) is 7.93. The Bertz CT molecular complexity index is 757. The van der Waals surface area contributed by atoms with Gasteiger partial charge in [0.2, 0.25) is 5.91 Å². The number of aromatic nitrogens is 2. The highest BCUT2D eigenvalue weighted by molar-refractivity contribution is 5.92. The Labute approximate surface area is 162 Å². The number of amides is 1. The Balaban J connectivity index is 0.00000243. The van der Waals surface area contributed by atoms with E-state index in [1.54, 1.807) is 0 Å². The fourth-order valence-corrected chi connectivity index (χ4v) is 3.11. The number of anilines is 1. The molecule has 0 spiro atoms. The summed E-state index contributed by atoms with van der Waals surface area (Å²) >= 11 is 0. The van der Waals surface area contributed by atoms with Gasteiger partial charge in [0.25, 0.3) is 0 Å². The molecule has 1 saturated heterocycles. The highest BCUT2D eigenvalue weighted by Gasteiger charge is 2.25. The number of hydrogen-bond donors (Lipinski definition) is 2. The molecule has 142 valence electrons. The number of halogens is 1. The van der Waals surface area contributed by atoms with Crippen LogP contribution < -0.4 is 10.6 Å². The van der Waals surface area contributed by atoms with Gasteiger partial charge in [0, 0.05) is 17.4 Å². The van der Waals surface area contributed by atoms with Crippen molar-refractivity contribution in [2.75, 3.05) is 18.4 Å². The summed E-state index contributed by atoms with van der Waals surface area (Å²) in [6, 6.07) is 10.2. The summed E-state index contributed by atoms with van der Waals surface area (Å²) in [7, 11) is 0. The smallest absolute Gasteiger partial charge is 0.228 e. The lowest BCUT2D eigenvalue weighted by Crippen LogP contribution is -2.35. The highest BCUT2D eigenvalue weighted by atomic mass is 35.5. The average Bonchev–Trinajstić information content (AvgIpc) is 3.00. The van der Waals surface area contributed by atoms with Crippen molar-refractivity contribution in [2.45, 2.75) is 46.0 Å². The number of aryl methyl sites for hydroxylation is 1. The molecule has 0 atom stereocenters. The topological polar surface area (TPSA) is 59.0 Å². The molecule has 2 aromatic rings. The molecule has 1 fully saturated rings. The summed E-state index contributed by atoms with van der Waals surface area (Å²) in [4.78, 5) is 12.7. The van der Waals surface area contributed by atoms with Crippen LogP contribution in [-0.4, -0.2) is 28.8 Å². The van der Waals surface area contributed by atoms with E-state index in [0.717, 1.165) is 43.1 Å². The monoisotopic (exact) mass is 376 g/mol. The molecule has 26 heavy (non-hydrogen) atoms. The van der Waals surface area contributed by atoms with E-state index in [1.807, 2.05) is 22.9 Å². The second kappa shape index (κ2) is 8.23. The zero-order valence-corrected chi connectivity index (χ0v) is 16.8. The molecule has 1 aromatic carbocycles. The van der Waals surface area contributed by atoms with Gasteiger partial charge >= 0.3 is 0 Å². The Kier molecular flexibility index (Phi) is 6.48. The minimum absolute atomic E-state index is 0. The van der Waals surface area contributed by atoms with E-state index in [2.05, 4.69) is 50.5 Å². The van der Waals surface area contributed by atoms with Gasteiger partial charge in [0.05, 0.1) is 11.4 Å². The number of nitrogens with zero attached hydrogens (tertiary/aromatic N) is 2. The zero-order valence-electron chi connectivity index (χ0n) is 16.0. The largest absolute Gasteiger partial charge is 0.317 e. The molecular formula is C20H29ClN4O. The molecule has 0 radical (unpaired) electrons. The van der Waals surface area contributed by atoms with Gasteiger partial charge in [-0.25, -0.2) is 4.68 Å². The van der Waals surface area contributed by atoms with Crippen LogP contribution in [0.5, 0.6) is 0 Å². The molecule has 2 N–H and O–H groups in total. The van der Waals surface area contributed by atoms with E-state index in [1.165, 1.54) is 5.56 Å².